The van der Waals surface area contributed by atoms with E-state index < -0.39 is 6.03 Å². The first-order chi connectivity index (χ1) is 9.49. The van der Waals surface area contributed by atoms with Crippen molar-refractivity contribution in [3.63, 3.8) is 0 Å². The Labute approximate surface area is 119 Å². The SMILES string of the molecule is CC(C)(CNC(N)=O)c1ccc(-c2ccccc2)cc1. The van der Waals surface area contributed by atoms with E-state index in [0.29, 0.717) is 6.54 Å². The molecule has 20 heavy (non-hydrogen) atoms. The van der Waals surface area contributed by atoms with E-state index in [1.807, 2.05) is 18.2 Å². The van der Waals surface area contributed by atoms with Crippen molar-refractivity contribution in [2.24, 2.45) is 5.73 Å². The number of amides is 2. The van der Waals surface area contributed by atoms with Crippen molar-refractivity contribution in [3.05, 3.63) is 60.2 Å². The Morgan fingerprint density at radius 2 is 1.55 bits per heavy atom. The molecular weight excluding hydrogens is 248 g/mol. The van der Waals surface area contributed by atoms with Gasteiger partial charge in [-0.3, -0.25) is 0 Å². The first-order valence-electron chi connectivity index (χ1n) is 6.68. The fourth-order valence-corrected chi connectivity index (χ4v) is 2.15. The minimum atomic E-state index is -0.487. The summed E-state index contributed by atoms with van der Waals surface area (Å²) in [5.41, 5.74) is 8.54. The van der Waals surface area contributed by atoms with Crippen LogP contribution in [-0.2, 0) is 5.41 Å². The molecule has 0 atom stereocenters. The minimum absolute atomic E-state index is 0.149. The van der Waals surface area contributed by atoms with E-state index in [1.54, 1.807) is 0 Å². The zero-order chi connectivity index (χ0) is 14.6. The topological polar surface area (TPSA) is 55.1 Å². The summed E-state index contributed by atoms with van der Waals surface area (Å²) in [7, 11) is 0. The molecule has 2 amide bonds. The first-order valence-corrected chi connectivity index (χ1v) is 6.68. The molecule has 2 aromatic rings. The van der Waals surface area contributed by atoms with Crippen LogP contribution in [0.5, 0.6) is 0 Å². The summed E-state index contributed by atoms with van der Waals surface area (Å²) in [6, 6.07) is 18.2. The highest BCUT2D eigenvalue weighted by Gasteiger charge is 2.20. The van der Waals surface area contributed by atoms with Crippen molar-refractivity contribution in [2.45, 2.75) is 19.3 Å². The Morgan fingerprint density at radius 1 is 1.00 bits per heavy atom. The summed E-state index contributed by atoms with van der Waals surface area (Å²) in [4.78, 5) is 10.8. The lowest BCUT2D eigenvalue weighted by molar-refractivity contribution is 0.246. The first kappa shape index (κ1) is 14.1. The van der Waals surface area contributed by atoms with Crippen LogP contribution in [0.1, 0.15) is 19.4 Å². The predicted octanol–water partition coefficient (Wildman–Crippen LogP) is 3.30. The molecule has 0 spiro atoms. The average Bonchev–Trinajstić information content (AvgIpc) is 2.46. The second-order valence-electron chi connectivity index (χ2n) is 5.55. The highest BCUT2D eigenvalue weighted by Crippen LogP contribution is 2.26. The number of primary amides is 1. The van der Waals surface area contributed by atoms with E-state index in [9.17, 15) is 4.79 Å². The number of nitrogens with one attached hydrogen (secondary N) is 1. The minimum Gasteiger partial charge on any atom is -0.352 e. The van der Waals surface area contributed by atoms with Crippen LogP contribution in [0.15, 0.2) is 54.6 Å². The molecule has 0 aliphatic carbocycles. The third kappa shape index (κ3) is 3.38. The van der Waals surface area contributed by atoms with Crippen LogP contribution in [0.25, 0.3) is 11.1 Å². The second-order valence-corrected chi connectivity index (χ2v) is 5.55. The Kier molecular flexibility index (Phi) is 4.08. The van der Waals surface area contributed by atoms with Crippen LogP contribution in [0.4, 0.5) is 4.79 Å². The molecule has 2 rings (SSSR count). The maximum atomic E-state index is 10.8. The molecule has 0 heterocycles. The van der Waals surface area contributed by atoms with Crippen molar-refractivity contribution in [2.75, 3.05) is 6.54 Å². The number of urea groups is 1. The molecule has 0 radical (unpaired) electrons. The number of rotatable bonds is 4. The molecule has 2 aromatic carbocycles. The third-order valence-electron chi connectivity index (χ3n) is 3.48. The largest absolute Gasteiger partial charge is 0.352 e. The van der Waals surface area contributed by atoms with Gasteiger partial charge in [-0.15, -0.1) is 0 Å². The fourth-order valence-electron chi connectivity index (χ4n) is 2.15. The van der Waals surface area contributed by atoms with Gasteiger partial charge in [0.25, 0.3) is 0 Å². The monoisotopic (exact) mass is 268 g/mol. The van der Waals surface area contributed by atoms with Gasteiger partial charge in [0.15, 0.2) is 0 Å². The molecule has 104 valence electrons. The van der Waals surface area contributed by atoms with Gasteiger partial charge in [-0.25, -0.2) is 4.79 Å². The Hall–Kier alpha value is -2.29. The highest BCUT2D eigenvalue weighted by atomic mass is 16.2. The number of nitrogens with two attached hydrogens (primary N) is 1. The van der Waals surface area contributed by atoms with Crippen LogP contribution >= 0.6 is 0 Å². The van der Waals surface area contributed by atoms with Crippen LogP contribution < -0.4 is 11.1 Å². The third-order valence-corrected chi connectivity index (χ3v) is 3.48. The standard InChI is InChI=1S/C17H20N2O/c1-17(2,12-19-16(18)20)15-10-8-14(9-11-15)13-6-4-3-5-7-13/h3-11H,12H2,1-2H3,(H3,18,19,20). The molecule has 3 nitrogen and oxygen atoms in total. The van der Waals surface area contributed by atoms with Crippen molar-refractivity contribution >= 4 is 6.03 Å². The number of hydrogen-bond donors (Lipinski definition) is 2. The number of carbonyl (C=O) groups excluding carboxylic acids is 1. The van der Waals surface area contributed by atoms with Gasteiger partial charge in [0.05, 0.1) is 0 Å². The van der Waals surface area contributed by atoms with Gasteiger partial charge in [-0.2, -0.15) is 0 Å². The molecule has 0 fully saturated rings. The smallest absolute Gasteiger partial charge is 0.312 e. The van der Waals surface area contributed by atoms with Gasteiger partial charge in [-0.05, 0) is 16.7 Å². The van der Waals surface area contributed by atoms with E-state index in [2.05, 4.69) is 55.6 Å². The van der Waals surface area contributed by atoms with Gasteiger partial charge in [-0.1, -0.05) is 68.4 Å². The lowest BCUT2D eigenvalue weighted by atomic mass is 9.84. The Morgan fingerprint density at radius 3 is 2.10 bits per heavy atom. The van der Waals surface area contributed by atoms with Crippen molar-refractivity contribution in [3.8, 4) is 11.1 Å². The van der Waals surface area contributed by atoms with Crippen LogP contribution in [0.3, 0.4) is 0 Å². The van der Waals surface area contributed by atoms with Crippen LogP contribution in [0, 0.1) is 0 Å². The van der Waals surface area contributed by atoms with Crippen LogP contribution in [0.2, 0.25) is 0 Å². The molecule has 0 aliphatic rings. The van der Waals surface area contributed by atoms with Crippen molar-refractivity contribution in [1.29, 1.82) is 0 Å². The fraction of sp³-hybridized carbons (Fsp3) is 0.235. The summed E-state index contributed by atoms with van der Waals surface area (Å²) in [5.74, 6) is 0. The molecule has 0 saturated carbocycles. The lowest BCUT2D eigenvalue weighted by Gasteiger charge is -2.25. The number of hydrogen-bond acceptors (Lipinski definition) is 1. The second kappa shape index (κ2) is 5.78. The zero-order valence-corrected chi connectivity index (χ0v) is 11.9. The summed E-state index contributed by atoms with van der Waals surface area (Å²) in [6.07, 6.45) is 0. The predicted molar refractivity (Wildman–Crippen MR) is 82.5 cm³/mol. The Bertz CT molecular complexity index is 574. The maximum Gasteiger partial charge on any atom is 0.312 e. The molecule has 0 saturated heterocycles. The van der Waals surface area contributed by atoms with E-state index in [-0.39, 0.29) is 5.41 Å². The maximum absolute atomic E-state index is 10.8. The van der Waals surface area contributed by atoms with Gasteiger partial charge in [0.1, 0.15) is 0 Å². The van der Waals surface area contributed by atoms with E-state index in [1.165, 1.54) is 16.7 Å². The molecular formula is C17H20N2O. The molecule has 3 N–H and O–H groups in total. The molecule has 3 heteroatoms. The summed E-state index contributed by atoms with van der Waals surface area (Å²) in [5, 5.41) is 2.67. The summed E-state index contributed by atoms with van der Waals surface area (Å²) in [6.45, 7) is 4.69. The van der Waals surface area contributed by atoms with Gasteiger partial charge < -0.3 is 11.1 Å². The van der Waals surface area contributed by atoms with Gasteiger partial charge in [0.2, 0.25) is 0 Å². The summed E-state index contributed by atoms with van der Waals surface area (Å²) >= 11 is 0. The van der Waals surface area contributed by atoms with E-state index in [0.717, 1.165) is 0 Å². The summed E-state index contributed by atoms with van der Waals surface area (Å²) < 4.78 is 0. The normalized spacial score (nSPS) is 11.1. The number of benzene rings is 2. The van der Waals surface area contributed by atoms with E-state index in [4.69, 9.17) is 5.73 Å². The quantitative estimate of drug-likeness (QED) is 0.878. The van der Waals surface area contributed by atoms with Gasteiger partial charge in [0, 0.05) is 12.0 Å². The van der Waals surface area contributed by atoms with Gasteiger partial charge >= 0.3 is 6.03 Å². The van der Waals surface area contributed by atoms with Crippen LogP contribution in [-0.4, -0.2) is 12.6 Å². The molecule has 0 aromatic heterocycles. The van der Waals surface area contributed by atoms with Crippen molar-refractivity contribution < 1.29 is 4.79 Å². The zero-order valence-electron chi connectivity index (χ0n) is 11.9. The van der Waals surface area contributed by atoms with Crippen molar-refractivity contribution in [1.82, 2.24) is 5.32 Å². The molecule has 0 aliphatic heterocycles. The average molecular weight is 268 g/mol. The number of carbonyl (C=O) groups is 1. The molecule has 0 unspecified atom stereocenters. The Balaban J connectivity index is 2.17. The molecule has 0 bridgehead atoms. The lowest BCUT2D eigenvalue weighted by Crippen LogP contribution is -2.39. The van der Waals surface area contributed by atoms with E-state index >= 15 is 0 Å². The highest BCUT2D eigenvalue weighted by molar-refractivity contribution is 5.71.